The molecule has 132 valence electrons. The number of rotatable bonds is 3. The van der Waals surface area contributed by atoms with Gasteiger partial charge < -0.3 is 15.3 Å². The van der Waals surface area contributed by atoms with E-state index in [9.17, 15) is 19.1 Å². The fraction of sp³-hybridized carbons (Fsp3) is 0.353. The lowest BCUT2D eigenvalue weighted by molar-refractivity contribution is 0.0649. The van der Waals surface area contributed by atoms with Gasteiger partial charge in [-0.3, -0.25) is 4.79 Å². The Balaban J connectivity index is 1.94. The second-order valence-electron chi connectivity index (χ2n) is 6.28. The predicted octanol–water partition coefficient (Wildman–Crippen LogP) is 1.34. The fourth-order valence-electron chi connectivity index (χ4n) is 2.84. The molecule has 2 aromatic rings. The molecule has 1 aromatic carbocycles. The van der Waals surface area contributed by atoms with Crippen LogP contribution in [0.1, 0.15) is 27.9 Å². The first-order valence-electron chi connectivity index (χ1n) is 7.95. The highest BCUT2D eigenvalue weighted by molar-refractivity contribution is 5.96. The van der Waals surface area contributed by atoms with Crippen LogP contribution in [0.2, 0.25) is 0 Å². The molecule has 1 atom stereocenters. The third-order valence-electron chi connectivity index (χ3n) is 4.01. The molecule has 3 rings (SSSR count). The summed E-state index contributed by atoms with van der Waals surface area (Å²) in [5.41, 5.74) is -1.15. The predicted molar refractivity (Wildman–Crippen MR) is 88.8 cm³/mol. The molecule has 0 bridgehead atoms. The lowest BCUT2D eigenvalue weighted by atomic mass is 10.1. The van der Waals surface area contributed by atoms with E-state index in [1.165, 1.54) is 22.6 Å². The van der Waals surface area contributed by atoms with Gasteiger partial charge in [-0.05, 0) is 19.1 Å². The maximum Gasteiger partial charge on any atom is 0.354 e. The summed E-state index contributed by atoms with van der Waals surface area (Å²) >= 11 is 0. The number of halogens is 1. The van der Waals surface area contributed by atoms with Gasteiger partial charge in [0.25, 0.3) is 5.91 Å². The number of benzene rings is 1. The zero-order valence-electron chi connectivity index (χ0n) is 13.8. The van der Waals surface area contributed by atoms with Crippen LogP contribution in [-0.4, -0.2) is 63.5 Å². The molecule has 0 saturated carbocycles. The van der Waals surface area contributed by atoms with Gasteiger partial charge in [0.1, 0.15) is 5.67 Å². The number of hydrogen-bond acceptors (Lipinski definition) is 4. The molecule has 8 heteroatoms. The van der Waals surface area contributed by atoms with E-state index in [0.29, 0.717) is 18.8 Å². The molecule has 2 N–H and O–H groups in total. The summed E-state index contributed by atoms with van der Waals surface area (Å²) in [7, 11) is 0. The van der Waals surface area contributed by atoms with Gasteiger partial charge in [-0.15, -0.1) is 0 Å². The Morgan fingerprint density at radius 1 is 1.32 bits per heavy atom. The molecule has 1 aliphatic rings. The van der Waals surface area contributed by atoms with Crippen LogP contribution in [0, 0.1) is 0 Å². The number of para-hydroxylation sites is 1. The van der Waals surface area contributed by atoms with Gasteiger partial charge in [-0.2, -0.15) is 5.10 Å². The second kappa shape index (κ2) is 6.64. The fourth-order valence-corrected chi connectivity index (χ4v) is 2.84. The summed E-state index contributed by atoms with van der Waals surface area (Å²) in [4.78, 5) is 25.6. The van der Waals surface area contributed by atoms with E-state index < -0.39 is 17.5 Å². The minimum Gasteiger partial charge on any atom is -0.477 e. The first-order chi connectivity index (χ1) is 11.9. The third-order valence-corrected chi connectivity index (χ3v) is 4.01. The molecule has 7 nitrogen and oxygen atoms in total. The number of nitrogens with one attached hydrogen (secondary N) is 1. The van der Waals surface area contributed by atoms with Gasteiger partial charge in [-0.1, -0.05) is 18.2 Å². The van der Waals surface area contributed by atoms with Crippen molar-refractivity contribution in [3.63, 3.8) is 0 Å². The molecule has 1 unspecified atom stereocenters. The highest BCUT2D eigenvalue weighted by Gasteiger charge is 2.33. The minimum atomic E-state index is -1.55. The average molecular weight is 346 g/mol. The average Bonchev–Trinajstić information content (AvgIpc) is 2.95. The standard InChI is InChI=1S/C17H19FN4O3/c1-17(18)10-19-7-8-21(11-17)15(23)13-9-14(16(24)25)22(20-13)12-5-3-2-4-6-12/h2-6,9,19H,7-8,10-11H2,1H3,(H,24,25). The number of carboxylic acid groups (broad SMARTS) is 1. The van der Waals surface area contributed by atoms with Crippen LogP contribution in [0.25, 0.3) is 5.69 Å². The smallest absolute Gasteiger partial charge is 0.354 e. The molecule has 0 aliphatic carbocycles. The number of aromatic nitrogens is 2. The van der Waals surface area contributed by atoms with Crippen molar-refractivity contribution in [3.8, 4) is 5.69 Å². The monoisotopic (exact) mass is 346 g/mol. The lowest BCUT2D eigenvalue weighted by Gasteiger charge is -2.25. The zero-order valence-corrected chi connectivity index (χ0v) is 13.8. The second-order valence-corrected chi connectivity index (χ2v) is 6.28. The maximum atomic E-state index is 14.4. The topological polar surface area (TPSA) is 87.5 Å². The number of carbonyl (C=O) groups excluding carboxylic acids is 1. The summed E-state index contributed by atoms with van der Waals surface area (Å²) in [5, 5.41) is 16.5. The van der Waals surface area contributed by atoms with E-state index in [1.54, 1.807) is 30.3 Å². The number of nitrogens with zero attached hydrogens (tertiary/aromatic N) is 3. The highest BCUT2D eigenvalue weighted by Crippen LogP contribution is 2.18. The molecule has 0 radical (unpaired) electrons. The zero-order chi connectivity index (χ0) is 18.0. The highest BCUT2D eigenvalue weighted by atomic mass is 19.1. The Morgan fingerprint density at radius 3 is 2.72 bits per heavy atom. The Hall–Kier alpha value is -2.74. The first kappa shape index (κ1) is 17.1. The van der Waals surface area contributed by atoms with E-state index in [0.717, 1.165) is 0 Å². The van der Waals surface area contributed by atoms with Crippen molar-refractivity contribution in [2.45, 2.75) is 12.6 Å². The van der Waals surface area contributed by atoms with Crippen molar-refractivity contribution in [1.82, 2.24) is 20.0 Å². The molecular weight excluding hydrogens is 327 g/mol. The lowest BCUT2D eigenvalue weighted by Crippen LogP contribution is -2.42. The van der Waals surface area contributed by atoms with Crippen LogP contribution in [0.5, 0.6) is 0 Å². The molecule has 25 heavy (non-hydrogen) atoms. The van der Waals surface area contributed by atoms with E-state index in [1.807, 2.05) is 0 Å². The minimum absolute atomic E-state index is 0.0149. The van der Waals surface area contributed by atoms with E-state index >= 15 is 0 Å². The van der Waals surface area contributed by atoms with Crippen LogP contribution in [0.3, 0.4) is 0 Å². The van der Waals surface area contributed by atoms with Crippen molar-refractivity contribution >= 4 is 11.9 Å². The van der Waals surface area contributed by atoms with Crippen LogP contribution in [-0.2, 0) is 0 Å². The van der Waals surface area contributed by atoms with Crippen LogP contribution < -0.4 is 5.32 Å². The quantitative estimate of drug-likeness (QED) is 0.876. The summed E-state index contributed by atoms with van der Waals surface area (Å²) in [6.45, 7) is 2.32. The maximum absolute atomic E-state index is 14.4. The van der Waals surface area contributed by atoms with Gasteiger partial charge >= 0.3 is 5.97 Å². The first-order valence-corrected chi connectivity index (χ1v) is 7.95. The van der Waals surface area contributed by atoms with E-state index in [-0.39, 0.29) is 24.5 Å². The van der Waals surface area contributed by atoms with Crippen molar-refractivity contribution in [2.75, 3.05) is 26.2 Å². The summed E-state index contributed by atoms with van der Waals surface area (Å²) in [6, 6.07) is 9.92. The number of carbonyl (C=O) groups is 2. The van der Waals surface area contributed by atoms with Crippen molar-refractivity contribution in [3.05, 3.63) is 47.8 Å². The number of alkyl halides is 1. The molecule has 1 saturated heterocycles. The number of hydrogen-bond donors (Lipinski definition) is 2. The molecule has 1 aliphatic heterocycles. The number of aromatic carboxylic acids is 1. The third kappa shape index (κ3) is 3.69. The van der Waals surface area contributed by atoms with E-state index in [4.69, 9.17) is 0 Å². The number of amides is 1. The van der Waals surface area contributed by atoms with Crippen molar-refractivity contribution in [2.24, 2.45) is 0 Å². The molecule has 1 amide bonds. The normalized spacial score (nSPS) is 21.0. The molecule has 1 fully saturated rings. The van der Waals surface area contributed by atoms with Crippen molar-refractivity contribution in [1.29, 1.82) is 0 Å². The Labute approximate surface area is 144 Å². The number of carboxylic acids is 1. The SMILES string of the molecule is CC1(F)CNCCN(C(=O)c2cc(C(=O)O)n(-c3ccccc3)n2)C1. The molecule has 0 spiro atoms. The molecule has 1 aromatic heterocycles. The van der Waals surface area contributed by atoms with Gasteiger partial charge in [-0.25, -0.2) is 13.9 Å². The summed E-state index contributed by atoms with van der Waals surface area (Å²) < 4.78 is 15.6. The van der Waals surface area contributed by atoms with E-state index in [2.05, 4.69) is 10.4 Å². The van der Waals surface area contributed by atoms with Crippen LogP contribution in [0.15, 0.2) is 36.4 Å². The molecule has 2 heterocycles. The van der Waals surface area contributed by atoms with Crippen LogP contribution >= 0.6 is 0 Å². The van der Waals surface area contributed by atoms with Gasteiger partial charge in [0.15, 0.2) is 11.4 Å². The Bertz CT molecular complexity index is 788. The van der Waals surface area contributed by atoms with Crippen LogP contribution in [0.4, 0.5) is 4.39 Å². The summed E-state index contributed by atoms with van der Waals surface area (Å²) in [5.74, 6) is -1.67. The van der Waals surface area contributed by atoms with Crippen molar-refractivity contribution < 1.29 is 19.1 Å². The van der Waals surface area contributed by atoms with Gasteiger partial charge in [0.2, 0.25) is 0 Å². The molecular formula is C17H19FN4O3. The Kier molecular flexibility index (Phi) is 4.54. The van der Waals surface area contributed by atoms with Gasteiger partial charge in [0.05, 0.1) is 12.2 Å². The largest absolute Gasteiger partial charge is 0.477 e. The Morgan fingerprint density at radius 2 is 2.04 bits per heavy atom. The van der Waals surface area contributed by atoms with Gasteiger partial charge in [0, 0.05) is 25.7 Å². The summed E-state index contributed by atoms with van der Waals surface area (Å²) in [6.07, 6.45) is 0.